The summed E-state index contributed by atoms with van der Waals surface area (Å²) in [5, 5.41) is 39.2. The van der Waals surface area contributed by atoms with Gasteiger partial charge in [0.25, 0.3) is 0 Å². The predicted molar refractivity (Wildman–Crippen MR) is 103 cm³/mol. The van der Waals surface area contributed by atoms with Crippen LogP contribution in [-0.2, 0) is 19.0 Å². The number of ether oxygens (including phenoxy) is 3. The van der Waals surface area contributed by atoms with Gasteiger partial charge in [0.05, 0.1) is 19.1 Å². The topological polar surface area (TPSA) is 126 Å². The average molecular weight is 412 g/mol. The number of hydrogen-bond acceptors (Lipinski definition) is 8. The molecule has 0 aromatic heterocycles. The number of hydrogen-bond donors (Lipinski definition) is 4. The van der Waals surface area contributed by atoms with Crippen LogP contribution in [0.3, 0.4) is 0 Å². The lowest BCUT2D eigenvalue weighted by molar-refractivity contribution is -0.299. The minimum absolute atomic E-state index is 0.103. The number of allylic oxidation sites excluding steroid dienone is 2. The minimum atomic E-state index is -1.48. The standard InChI is InChI=1S/C21H32O8/c1-11-4-3-5-13(8-15-14(7-6-11)12(2)20(26)28-15)10-27-21-19(25)18(24)17(23)16(9-22)29-21/h4,8,12,14-19,21-25H,3,5-7,9-10H2,1-2H3/b11-4+,13-8?/t12-,14-,15+,16+,17+,18-,19+,21+/m0/s1. The molecule has 8 nitrogen and oxygen atoms in total. The normalized spacial score (nSPS) is 43.0. The summed E-state index contributed by atoms with van der Waals surface area (Å²) in [7, 11) is 0. The number of aliphatic hydroxyl groups is 4. The molecular formula is C21H32O8. The van der Waals surface area contributed by atoms with Crippen molar-refractivity contribution in [2.75, 3.05) is 13.2 Å². The third-order valence-electron chi connectivity index (χ3n) is 6.20. The number of carbonyl (C=O) groups is 1. The Morgan fingerprint density at radius 3 is 2.66 bits per heavy atom. The van der Waals surface area contributed by atoms with Crippen molar-refractivity contribution in [2.24, 2.45) is 11.8 Å². The fourth-order valence-electron chi connectivity index (χ4n) is 4.19. The smallest absolute Gasteiger partial charge is 0.309 e. The molecule has 0 radical (unpaired) electrons. The highest BCUT2D eigenvalue weighted by atomic mass is 16.7. The minimum Gasteiger partial charge on any atom is -0.458 e. The summed E-state index contributed by atoms with van der Waals surface area (Å²) in [5.41, 5.74) is 2.19. The quantitative estimate of drug-likeness (QED) is 0.387. The summed E-state index contributed by atoms with van der Waals surface area (Å²) in [6.07, 6.45) is 0.609. The SMILES string of the molecule is C/C1=C\CCC(CO[C@@H]2O[C@H](CO)[C@@H](O)[C@H](O)[C@H]2O)=C[C@H]2OC(=O)[C@@H](C)[C@@H]2CC1. The molecule has 29 heavy (non-hydrogen) atoms. The molecule has 8 atom stereocenters. The van der Waals surface area contributed by atoms with E-state index in [1.165, 1.54) is 5.57 Å². The van der Waals surface area contributed by atoms with Crippen LogP contribution in [0.5, 0.6) is 0 Å². The van der Waals surface area contributed by atoms with Crippen molar-refractivity contribution in [1.29, 1.82) is 0 Å². The van der Waals surface area contributed by atoms with Gasteiger partial charge in [-0.1, -0.05) is 18.6 Å². The van der Waals surface area contributed by atoms with Crippen LogP contribution >= 0.6 is 0 Å². The van der Waals surface area contributed by atoms with Gasteiger partial charge in [-0.3, -0.25) is 4.79 Å². The van der Waals surface area contributed by atoms with E-state index >= 15 is 0 Å². The van der Waals surface area contributed by atoms with Crippen molar-refractivity contribution in [1.82, 2.24) is 0 Å². The van der Waals surface area contributed by atoms with Crippen LogP contribution in [0.25, 0.3) is 0 Å². The number of fused-ring (bicyclic) bond motifs is 1. The second kappa shape index (κ2) is 9.68. The lowest BCUT2D eigenvalue weighted by Crippen LogP contribution is -2.59. The number of rotatable bonds is 4. The highest BCUT2D eigenvalue weighted by molar-refractivity contribution is 5.75. The molecule has 2 aliphatic heterocycles. The van der Waals surface area contributed by atoms with Crippen LogP contribution in [0.1, 0.15) is 39.5 Å². The summed E-state index contributed by atoms with van der Waals surface area (Å²) >= 11 is 0. The first-order chi connectivity index (χ1) is 13.8. The lowest BCUT2D eigenvalue weighted by Gasteiger charge is -2.39. The van der Waals surface area contributed by atoms with Crippen LogP contribution < -0.4 is 0 Å². The summed E-state index contributed by atoms with van der Waals surface area (Å²) in [6.45, 7) is 3.60. The van der Waals surface area contributed by atoms with Crippen molar-refractivity contribution in [2.45, 2.75) is 76.3 Å². The third-order valence-corrected chi connectivity index (χ3v) is 6.20. The molecule has 0 unspecified atom stereocenters. The van der Waals surface area contributed by atoms with Gasteiger partial charge in [-0.2, -0.15) is 0 Å². The second-order valence-electron chi connectivity index (χ2n) is 8.32. The first kappa shape index (κ1) is 22.4. The molecule has 0 aromatic carbocycles. The van der Waals surface area contributed by atoms with Gasteiger partial charge in [0.1, 0.15) is 30.5 Å². The van der Waals surface area contributed by atoms with E-state index in [4.69, 9.17) is 14.2 Å². The average Bonchev–Trinajstić information content (AvgIpc) is 2.96. The zero-order valence-corrected chi connectivity index (χ0v) is 16.9. The summed E-state index contributed by atoms with van der Waals surface area (Å²) in [6, 6.07) is 0. The third kappa shape index (κ3) is 5.07. The Hall–Kier alpha value is -1.29. The van der Waals surface area contributed by atoms with E-state index in [1.54, 1.807) is 0 Å². The van der Waals surface area contributed by atoms with Gasteiger partial charge in [-0.05, 0) is 44.3 Å². The molecule has 8 heteroatoms. The summed E-state index contributed by atoms with van der Waals surface area (Å²) in [5.74, 6) is -0.242. The maximum absolute atomic E-state index is 12.1. The van der Waals surface area contributed by atoms with Crippen molar-refractivity contribution in [3.63, 3.8) is 0 Å². The van der Waals surface area contributed by atoms with Crippen molar-refractivity contribution in [3.8, 4) is 0 Å². The Bertz CT molecular complexity index is 643. The fraction of sp³-hybridized carbons (Fsp3) is 0.762. The van der Waals surface area contributed by atoms with Gasteiger partial charge in [-0.25, -0.2) is 0 Å². The molecule has 1 aliphatic carbocycles. The molecule has 3 rings (SSSR count). The zero-order valence-electron chi connectivity index (χ0n) is 16.9. The van der Waals surface area contributed by atoms with Crippen molar-refractivity contribution >= 4 is 5.97 Å². The molecule has 2 heterocycles. The molecule has 0 saturated carbocycles. The van der Waals surface area contributed by atoms with Crippen LogP contribution in [0.4, 0.5) is 0 Å². The lowest BCUT2D eigenvalue weighted by atomic mass is 9.84. The largest absolute Gasteiger partial charge is 0.458 e. The fourth-order valence-corrected chi connectivity index (χ4v) is 4.19. The van der Waals surface area contributed by atoms with Crippen LogP contribution in [-0.4, -0.2) is 76.4 Å². The van der Waals surface area contributed by atoms with E-state index in [2.05, 4.69) is 13.0 Å². The van der Waals surface area contributed by atoms with Gasteiger partial charge in [-0.15, -0.1) is 0 Å². The first-order valence-electron chi connectivity index (χ1n) is 10.3. The molecule has 3 aliphatic rings. The Labute approximate surface area is 170 Å². The van der Waals surface area contributed by atoms with E-state index in [-0.39, 0.29) is 30.5 Å². The molecule has 0 bridgehead atoms. The predicted octanol–water partition coefficient (Wildman–Crippen LogP) is 0.427. The Morgan fingerprint density at radius 1 is 1.17 bits per heavy atom. The van der Waals surface area contributed by atoms with E-state index in [0.29, 0.717) is 6.42 Å². The van der Waals surface area contributed by atoms with Gasteiger partial charge < -0.3 is 34.6 Å². The van der Waals surface area contributed by atoms with Crippen LogP contribution in [0, 0.1) is 11.8 Å². The molecular weight excluding hydrogens is 380 g/mol. The van der Waals surface area contributed by atoms with Crippen LogP contribution in [0.15, 0.2) is 23.3 Å². The van der Waals surface area contributed by atoms with Crippen molar-refractivity contribution in [3.05, 3.63) is 23.3 Å². The number of esters is 1. The molecule has 2 saturated heterocycles. The Balaban J connectivity index is 1.71. The van der Waals surface area contributed by atoms with Gasteiger partial charge in [0.15, 0.2) is 6.29 Å². The molecule has 0 amide bonds. The van der Waals surface area contributed by atoms with E-state index in [1.807, 2.05) is 13.0 Å². The molecule has 0 aromatic rings. The highest BCUT2D eigenvalue weighted by Gasteiger charge is 2.44. The van der Waals surface area contributed by atoms with Gasteiger partial charge in [0, 0.05) is 5.92 Å². The zero-order chi connectivity index (χ0) is 21.1. The van der Waals surface area contributed by atoms with Crippen molar-refractivity contribution < 1.29 is 39.4 Å². The number of aliphatic hydroxyl groups excluding tert-OH is 4. The van der Waals surface area contributed by atoms with E-state index < -0.39 is 37.3 Å². The Morgan fingerprint density at radius 2 is 1.93 bits per heavy atom. The van der Waals surface area contributed by atoms with Gasteiger partial charge >= 0.3 is 5.97 Å². The van der Waals surface area contributed by atoms with E-state index in [9.17, 15) is 25.2 Å². The maximum atomic E-state index is 12.1. The maximum Gasteiger partial charge on any atom is 0.309 e. The highest BCUT2D eigenvalue weighted by Crippen LogP contribution is 2.35. The van der Waals surface area contributed by atoms with E-state index in [0.717, 1.165) is 24.8 Å². The molecule has 0 spiro atoms. The summed E-state index contributed by atoms with van der Waals surface area (Å²) < 4.78 is 16.7. The van der Waals surface area contributed by atoms with Gasteiger partial charge in [0.2, 0.25) is 0 Å². The summed E-state index contributed by atoms with van der Waals surface area (Å²) in [4.78, 5) is 12.1. The number of carbonyl (C=O) groups excluding carboxylic acids is 1. The monoisotopic (exact) mass is 412 g/mol. The second-order valence-corrected chi connectivity index (χ2v) is 8.32. The molecule has 2 fully saturated rings. The first-order valence-corrected chi connectivity index (χ1v) is 10.3. The van der Waals surface area contributed by atoms with Crippen LogP contribution in [0.2, 0.25) is 0 Å². The molecule has 4 N–H and O–H groups in total. The Kier molecular flexibility index (Phi) is 7.47. The molecule has 164 valence electrons.